The highest BCUT2D eigenvalue weighted by Crippen LogP contribution is 2.36. The summed E-state index contributed by atoms with van der Waals surface area (Å²) >= 11 is 0. The Bertz CT molecular complexity index is 643. The average molecular weight is 362 g/mol. The number of carbonyl (C=O) groups is 3. The van der Waals surface area contributed by atoms with E-state index in [0.29, 0.717) is 24.0 Å². The van der Waals surface area contributed by atoms with E-state index in [1.165, 1.54) is 0 Å². The van der Waals surface area contributed by atoms with Crippen molar-refractivity contribution in [1.29, 1.82) is 0 Å². The number of aliphatic hydroxyl groups excluding tert-OH is 1. The van der Waals surface area contributed by atoms with E-state index < -0.39 is 24.1 Å². The number of rotatable bonds is 5. The third kappa shape index (κ3) is 4.91. The van der Waals surface area contributed by atoms with E-state index in [-0.39, 0.29) is 36.9 Å². The highest BCUT2D eigenvalue weighted by Gasteiger charge is 2.44. The van der Waals surface area contributed by atoms with Crippen LogP contribution < -0.4 is 0 Å². The van der Waals surface area contributed by atoms with Gasteiger partial charge in [0.05, 0.1) is 12.5 Å². The van der Waals surface area contributed by atoms with Crippen LogP contribution in [0.15, 0.2) is 35.5 Å². The van der Waals surface area contributed by atoms with E-state index in [0.717, 1.165) is 6.29 Å². The predicted molar refractivity (Wildman–Crippen MR) is 95.0 cm³/mol. The lowest BCUT2D eigenvalue weighted by Gasteiger charge is -2.27. The molecule has 1 heterocycles. The van der Waals surface area contributed by atoms with Crippen molar-refractivity contribution < 1.29 is 29.0 Å². The van der Waals surface area contributed by atoms with Gasteiger partial charge in [0.15, 0.2) is 0 Å². The molecule has 2 rings (SSSR count). The van der Waals surface area contributed by atoms with Gasteiger partial charge in [-0.15, -0.1) is 0 Å². The van der Waals surface area contributed by atoms with Gasteiger partial charge in [-0.05, 0) is 36.0 Å². The van der Waals surface area contributed by atoms with Crippen LogP contribution in [-0.4, -0.2) is 42.1 Å². The third-order valence-corrected chi connectivity index (χ3v) is 4.58. The molecule has 6 nitrogen and oxygen atoms in total. The molecule has 6 heteroatoms. The standard InChI is InChI=1S/C20H26O6/c1-12(2)7-18(23)25-16-8-14(10-21)5-4-6-15(11-22)9-17-19(16)13(3)20(24)26-17/h5,9-10,12,16-17,19,22H,3-4,6-8,11H2,1-2H3/b14-5+,15-9+. The van der Waals surface area contributed by atoms with Crippen molar-refractivity contribution in [2.75, 3.05) is 6.61 Å². The van der Waals surface area contributed by atoms with Crippen LogP contribution in [0.25, 0.3) is 0 Å². The number of carbonyl (C=O) groups excluding carboxylic acids is 3. The van der Waals surface area contributed by atoms with Crippen LogP contribution in [0.1, 0.15) is 39.5 Å². The van der Waals surface area contributed by atoms with Gasteiger partial charge in [0.25, 0.3) is 0 Å². The Morgan fingerprint density at radius 2 is 2.23 bits per heavy atom. The minimum atomic E-state index is -0.726. The highest BCUT2D eigenvalue weighted by atomic mass is 16.6. The molecule has 1 saturated heterocycles. The molecule has 3 unspecified atom stereocenters. The Morgan fingerprint density at radius 3 is 2.85 bits per heavy atom. The molecule has 0 spiro atoms. The summed E-state index contributed by atoms with van der Waals surface area (Å²) in [6.07, 6.45) is 4.40. The number of aliphatic hydroxyl groups is 1. The molecule has 142 valence electrons. The van der Waals surface area contributed by atoms with E-state index in [1.54, 1.807) is 12.2 Å². The molecule has 0 amide bonds. The van der Waals surface area contributed by atoms with Crippen molar-refractivity contribution >= 4 is 18.2 Å². The summed E-state index contributed by atoms with van der Waals surface area (Å²) < 4.78 is 11.0. The number of hydrogen-bond acceptors (Lipinski definition) is 6. The first-order chi connectivity index (χ1) is 12.3. The van der Waals surface area contributed by atoms with Crippen molar-refractivity contribution in [2.24, 2.45) is 11.8 Å². The Hall–Kier alpha value is -2.21. The highest BCUT2D eigenvalue weighted by molar-refractivity contribution is 5.91. The Morgan fingerprint density at radius 1 is 1.50 bits per heavy atom. The Kier molecular flexibility index (Phi) is 6.91. The molecular weight excluding hydrogens is 336 g/mol. The van der Waals surface area contributed by atoms with Crippen molar-refractivity contribution in [2.45, 2.75) is 51.7 Å². The first kappa shape index (κ1) is 20.1. The summed E-state index contributed by atoms with van der Waals surface area (Å²) in [6.45, 7) is 7.45. The second-order valence-electron chi connectivity index (χ2n) is 7.17. The summed E-state index contributed by atoms with van der Waals surface area (Å²) in [5.74, 6) is -1.38. The zero-order valence-corrected chi connectivity index (χ0v) is 15.3. The van der Waals surface area contributed by atoms with Crippen LogP contribution in [0.2, 0.25) is 0 Å². The molecule has 1 fully saturated rings. The quantitative estimate of drug-likeness (QED) is 0.349. The molecule has 0 saturated carbocycles. The third-order valence-electron chi connectivity index (χ3n) is 4.58. The van der Waals surface area contributed by atoms with Crippen molar-refractivity contribution in [3.8, 4) is 0 Å². The summed E-state index contributed by atoms with van der Waals surface area (Å²) in [4.78, 5) is 35.7. The van der Waals surface area contributed by atoms with Crippen molar-refractivity contribution in [1.82, 2.24) is 0 Å². The maximum atomic E-state index is 12.2. The van der Waals surface area contributed by atoms with E-state index >= 15 is 0 Å². The van der Waals surface area contributed by atoms with Gasteiger partial charge >= 0.3 is 11.9 Å². The van der Waals surface area contributed by atoms with Crippen LogP contribution in [0.3, 0.4) is 0 Å². The minimum Gasteiger partial charge on any atom is -0.461 e. The van der Waals surface area contributed by atoms with E-state index in [4.69, 9.17) is 9.47 Å². The first-order valence-corrected chi connectivity index (χ1v) is 8.89. The smallest absolute Gasteiger partial charge is 0.334 e. The Balaban J connectivity index is 2.38. The number of fused-ring (bicyclic) bond motifs is 1. The number of allylic oxidation sites excluding steroid dienone is 1. The molecule has 1 aliphatic carbocycles. The monoisotopic (exact) mass is 362 g/mol. The molecule has 2 aliphatic rings. The summed E-state index contributed by atoms with van der Waals surface area (Å²) in [6, 6.07) is 0. The number of hydrogen-bond donors (Lipinski definition) is 1. The fraction of sp³-hybridized carbons (Fsp3) is 0.550. The van der Waals surface area contributed by atoms with Crippen LogP contribution >= 0.6 is 0 Å². The minimum absolute atomic E-state index is 0.129. The van der Waals surface area contributed by atoms with Gasteiger partial charge in [-0.25, -0.2) is 4.79 Å². The van der Waals surface area contributed by atoms with Gasteiger partial charge in [-0.3, -0.25) is 9.59 Å². The molecule has 0 aromatic rings. The SMILES string of the molecule is C=C1C(=O)OC2/C=C(/CO)CC/C=C(/C=O)CC(OC(=O)CC(C)C)C12. The van der Waals surface area contributed by atoms with E-state index in [2.05, 4.69) is 6.58 Å². The maximum absolute atomic E-state index is 12.2. The van der Waals surface area contributed by atoms with Crippen LogP contribution in [0.4, 0.5) is 0 Å². The van der Waals surface area contributed by atoms with Crippen LogP contribution in [0, 0.1) is 11.8 Å². The fourth-order valence-electron chi connectivity index (χ4n) is 3.28. The lowest BCUT2D eigenvalue weighted by molar-refractivity contribution is -0.153. The van der Waals surface area contributed by atoms with E-state index in [9.17, 15) is 19.5 Å². The molecule has 3 atom stereocenters. The summed E-state index contributed by atoms with van der Waals surface area (Å²) in [7, 11) is 0. The molecule has 1 N–H and O–H groups in total. The van der Waals surface area contributed by atoms with E-state index in [1.807, 2.05) is 13.8 Å². The summed E-state index contributed by atoms with van der Waals surface area (Å²) in [5, 5.41) is 9.55. The van der Waals surface area contributed by atoms with Crippen molar-refractivity contribution in [3.05, 3.63) is 35.5 Å². The van der Waals surface area contributed by atoms with Crippen LogP contribution in [-0.2, 0) is 23.9 Å². The largest absolute Gasteiger partial charge is 0.461 e. The molecule has 0 bridgehead atoms. The number of esters is 2. The van der Waals surface area contributed by atoms with Gasteiger partial charge in [-0.2, -0.15) is 0 Å². The lowest BCUT2D eigenvalue weighted by Crippen LogP contribution is -2.34. The maximum Gasteiger partial charge on any atom is 0.334 e. The molecule has 0 aromatic carbocycles. The van der Waals surface area contributed by atoms with Crippen LogP contribution in [0.5, 0.6) is 0 Å². The molecule has 26 heavy (non-hydrogen) atoms. The van der Waals surface area contributed by atoms with Gasteiger partial charge in [0.1, 0.15) is 18.5 Å². The fourth-order valence-corrected chi connectivity index (χ4v) is 3.28. The van der Waals surface area contributed by atoms with Gasteiger partial charge in [0.2, 0.25) is 0 Å². The predicted octanol–water partition coefficient (Wildman–Crippen LogP) is 2.27. The number of aldehydes is 1. The zero-order chi connectivity index (χ0) is 19.3. The second kappa shape index (κ2) is 8.94. The topological polar surface area (TPSA) is 89.9 Å². The first-order valence-electron chi connectivity index (χ1n) is 8.89. The van der Waals surface area contributed by atoms with Crippen molar-refractivity contribution in [3.63, 3.8) is 0 Å². The molecule has 0 aromatic heterocycles. The average Bonchev–Trinajstić information content (AvgIpc) is 2.85. The molecule has 0 radical (unpaired) electrons. The van der Waals surface area contributed by atoms with Gasteiger partial charge in [-0.1, -0.05) is 26.5 Å². The molecular formula is C20H26O6. The van der Waals surface area contributed by atoms with Gasteiger partial charge < -0.3 is 14.6 Å². The molecule has 1 aliphatic heterocycles. The Labute approximate surface area is 153 Å². The second-order valence-corrected chi connectivity index (χ2v) is 7.17. The number of ether oxygens (including phenoxy) is 2. The summed E-state index contributed by atoms with van der Waals surface area (Å²) in [5.41, 5.74) is 1.42. The zero-order valence-electron chi connectivity index (χ0n) is 15.3. The van der Waals surface area contributed by atoms with Gasteiger partial charge in [0, 0.05) is 18.4 Å². The lowest BCUT2D eigenvalue weighted by atomic mass is 9.85. The normalized spacial score (nSPS) is 30.5.